The number of amides is 1. The van der Waals surface area contributed by atoms with Gasteiger partial charge in [0, 0.05) is 26.1 Å². The van der Waals surface area contributed by atoms with Crippen LogP contribution in [0.25, 0.3) is 0 Å². The Labute approximate surface area is 98.1 Å². The summed E-state index contributed by atoms with van der Waals surface area (Å²) in [7, 11) is 1.70. The maximum Gasteiger partial charge on any atom is 0.239 e. The zero-order valence-corrected chi connectivity index (χ0v) is 10.6. The number of likely N-dealkylation sites (tertiary alicyclic amines) is 1. The number of carbonyl (C=O) groups is 1. The summed E-state index contributed by atoms with van der Waals surface area (Å²) in [5, 5.41) is 0. The first kappa shape index (κ1) is 13.5. The number of hydrogen-bond acceptors (Lipinski definition) is 3. The van der Waals surface area contributed by atoms with Gasteiger partial charge in [0.15, 0.2) is 0 Å². The SMILES string of the molecule is COCC1CCN(C(=O)[C@@H](N)CC(C)C)C1. The molecule has 1 rings (SSSR count). The fourth-order valence-electron chi connectivity index (χ4n) is 2.25. The van der Waals surface area contributed by atoms with Crippen molar-refractivity contribution in [3.05, 3.63) is 0 Å². The van der Waals surface area contributed by atoms with E-state index in [1.165, 1.54) is 0 Å². The van der Waals surface area contributed by atoms with Crippen molar-refractivity contribution in [3.63, 3.8) is 0 Å². The van der Waals surface area contributed by atoms with E-state index in [1.807, 2.05) is 4.90 Å². The van der Waals surface area contributed by atoms with E-state index in [1.54, 1.807) is 7.11 Å². The van der Waals surface area contributed by atoms with Crippen LogP contribution < -0.4 is 5.73 Å². The van der Waals surface area contributed by atoms with Crippen LogP contribution >= 0.6 is 0 Å². The van der Waals surface area contributed by atoms with Crippen molar-refractivity contribution in [3.8, 4) is 0 Å². The van der Waals surface area contributed by atoms with E-state index in [-0.39, 0.29) is 11.9 Å². The van der Waals surface area contributed by atoms with Crippen molar-refractivity contribution < 1.29 is 9.53 Å². The first-order valence-electron chi connectivity index (χ1n) is 6.08. The number of nitrogens with two attached hydrogens (primary N) is 1. The predicted molar refractivity (Wildman–Crippen MR) is 64.0 cm³/mol. The van der Waals surface area contributed by atoms with Gasteiger partial charge in [0.1, 0.15) is 0 Å². The van der Waals surface area contributed by atoms with E-state index in [4.69, 9.17) is 10.5 Å². The molecule has 2 atom stereocenters. The van der Waals surface area contributed by atoms with Crippen molar-refractivity contribution in [2.24, 2.45) is 17.6 Å². The molecular formula is C12H24N2O2. The van der Waals surface area contributed by atoms with E-state index < -0.39 is 0 Å². The lowest BCUT2D eigenvalue weighted by Crippen LogP contribution is -2.43. The molecule has 0 aliphatic carbocycles. The molecule has 4 heteroatoms. The van der Waals surface area contributed by atoms with Gasteiger partial charge in [-0.05, 0) is 18.8 Å². The number of methoxy groups -OCH3 is 1. The Kier molecular flexibility index (Phi) is 5.22. The monoisotopic (exact) mass is 228 g/mol. The van der Waals surface area contributed by atoms with Gasteiger partial charge < -0.3 is 15.4 Å². The van der Waals surface area contributed by atoms with E-state index >= 15 is 0 Å². The second-order valence-corrected chi connectivity index (χ2v) is 5.13. The number of ether oxygens (including phenoxy) is 1. The first-order chi connectivity index (χ1) is 7.54. The van der Waals surface area contributed by atoms with Gasteiger partial charge in [0.2, 0.25) is 5.91 Å². The second kappa shape index (κ2) is 6.21. The minimum absolute atomic E-state index is 0.104. The van der Waals surface area contributed by atoms with E-state index in [9.17, 15) is 4.79 Å². The molecule has 1 fully saturated rings. The Morgan fingerprint density at radius 2 is 2.25 bits per heavy atom. The summed E-state index contributed by atoms with van der Waals surface area (Å²) in [5.74, 6) is 1.06. The fourth-order valence-corrected chi connectivity index (χ4v) is 2.25. The number of hydrogen-bond donors (Lipinski definition) is 1. The van der Waals surface area contributed by atoms with Crippen LogP contribution in [0.3, 0.4) is 0 Å². The van der Waals surface area contributed by atoms with Crippen LogP contribution in [0.2, 0.25) is 0 Å². The van der Waals surface area contributed by atoms with Gasteiger partial charge in [-0.1, -0.05) is 13.8 Å². The molecule has 0 aromatic rings. The zero-order chi connectivity index (χ0) is 12.1. The molecule has 1 amide bonds. The topological polar surface area (TPSA) is 55.6 Å². The van der Waals surface area contributed by atoms with E-state index in [0.29, 0.717) is 11.8 Å². The molecule has 94 valence electrons. The maximum atomic E-state index is 12.0. The lowest BCUT2D eigenvalue weighted by atomic mass is 10.0. The van der Waals surface area contributed by atoms with Crippen LogP contribution in [-0.2, 0) is 9.53 Å². The average molecular weight is 228 g/mol. The van der Waals surface area contributed by atoms with E-state index in [2.05, 4.69) is 13.8 Å². The van der Waals surface area contributed by atoms with Gasteiger partial charge in [-0.15, -0.1) is 0 Å². The summed E-state index contributed by atoms with van der Waals surface area (Å²) in [6.07, 6.45) is 1.80. The highest BCUT2D eigenvalue weighted by Gasteiger charge is 2.29. The van der Waals surface area contributed by atoms with Crippen molar-refractivity contribution in [1.82, 2.24) is 4.90 Å². The smallest absolute Gasteiger partial charge is 0.239 e. The molecule has 0 spiro atoms. The molecule has 0 aromatic heterocycles. The molecule has 1 saturated heterocycles. The molecule has 0 bridgehead atoms. The van der Waals surface area contributed by atoms with Gasteiger partial charge in [-0.3, -0.25) is 4.79 Å². The lowest BCUT2D eigenvalue weighted by molar-refractivity contribution is -0.132. The fraction of sp³-hybridized carbons (Fsp3) is 0.917. The van der Waals surface area contributed by atoms with Gasteiger partial charge in [0.25, 0.3) is 0 Å². The van der Waals surface area contributed by atoms with Crippen LogP contribution in [0.4, 0.5) is 0 Å². The molecule has 1 aliphatic heterocycles. The molecule has 0 aromatic carbocycles. The summed E-state index contributed by atoms with van der Waals surface area (Å²) in [4.78, 5) is 13.9. The standard InChI is InChI=1S/C12H24N2O2/c1-9(2)6-11(13)12(15)14-5-4-10(7-14)8-16-3/h9-11H,4-8,13H2,1-3H3/t10?,11-/m0/s1. The van der Waals surface area contributed by atoms with Crippen LogP contribution in [0.1, 0.15) is 26.7 Å². The molecule has 1 heterocycles. The Morgan fingerprint density at radius 3 is 2.81 bits per heavy atom. The molecule has 4 nitrogen and oxygen atoms in total. The average Bonchev–Trinajstić information content (AvgIpc) is 2.64. The Hall–Kier alpha value is -0.610. The Bertz CT molecular complexity index is 231. The highest BCUT2D eigenvalue weighted by molar-refractivity contribution is 5.81. The molecule has 0 saturated carbocycles. The lowest BCUT2D eigenvalue weighted by Gasteiger charge is -2.21. The largest absolute Gasteiger partial charge is 0.384 e. The van der Waals surface area contributed by atoms with Crippen molar-refractivity contribution in [2.45, 2.75) is 32.7 Å². The van der Waals surface area contributed by atoms with Gasteiger partial charge in [-0.2, -0.15) is 0 Å². The maximum absolute atomic E-state index is 12.0. The highest BCUT2D eigenvalue weighted by atomic mass is 16.5. The van der Waals surface area contributed by atoms with Gasteiger partial charge in [0.05, 0.1) is 12.6 Å². The molecule has 1 aliphatic rings. The third-order valence-electron chi connectivity index (χ3n) is 3.04. The van der Waals surface area contributed by atoms with Crippen molar-refractivity contribution >= 4 is 5.91 Å². The quantitative estimate of drug-likeness (QED) is 0.759. The van der Waals surface area contributed by atoms with Gasteiger partial charge in [-0.25, -0.2) is 0 Å². The summed E-state index contributed by atoms with van der Waals surface area (Å²) < 4.78 is 5.11. The molecular weight excluding hydrogens is 204 g/mol. The second-order valence-electron chi connectivity index (χ2n) is 5.13. The summed E-state index contributed by atoms with van der Waals surface area (Å²) in [6, 6.07) is -0.332. The first-order valence-corrected chi connectivity index (χ1v) is 6.08. The third-order valence-corrected chi connectivity index (χ3v) is 3.04. The highest BCUT2D eigenvalue weighted by Crippen LogP contribution is 2.18. The molecule has 2 N–H and O–H groups in total. The summed E-state index contributed by atoms with van der Waals surface area (Å²) >= 11 is 0. The Balaban J connectivity index is 2.38. The predicted octanol–water partition coefficient (Wildman–Crippen LogP) is 0.855. The van der Waals surface area contributed by atoms with Crippen LogP contribution in [-0.4, -0.2) is 43.7 Å². The minimum atomic E-state index is -0.332. The normalized spacial score (nSPS) is 22.8. The molecule has 0 radical (unpaired) electrons. The van der Waals surface area contributed by atoms with Crippen LogP contribution in [0.5, 0.6) is 0 Å². The minimum Gasteiger partial charge on any atom is -0.384 e. The van der Waals surface area contributed by atoms with E-state index in [0.717, 1.165) is 32.5 Å². The molecule has 1 unspecified atom stereocenters. The third kappa shape index (κ3) is 3.76. The Morgan fingerprint density at radius 1 is 1.56 bits per heavy atom. The zero-order valence-electron chi connectivity index (χ0n) is 10.6. The summed E-state index contributed by atoms with van der Waals surface area (Å²) in [5.41, 5.74) is 5.89. The van der Waals surface area contributed by atoms with Crippen molar-refractivity contribution in [1.29, 1.82) is 0 Å². The van der Waals surface area contributed by atoms with Crippen molar-refractivity contribution in [2.75, 3.05) is 26.8 Å². The number of nitrogens with zero attached hydrogens (tertiary/aromatic N) is 1. The van der Waals surface area contributed by atoms with Crippen LogP contribution in [0.15, 0.2) is 0 Å². The van der Waals surface area contributed by atoms with Crippen LogP contribution in [0, 0.1) is 11.8 Å². The number of carbonyl (C=O) groups excluding carboxylic acids is 1. The van der Waals surface area contributed by atoms with Gasteiger partial charge >= 0.3 is 0 Å². The molecule has 16 heavy (non-hydrogen) atoms. The summed E-state index contributed by atoms with van der Waals surface area (Å²) in [6.45, 7) is 6.55. The number of rotatable bonds is 5.